The van der Waals surface area contributed by atoms with Crippen LogP contribution in [-0.2, 0) is 4.79 Å². The predicted molar refractivity (Wildman–Crippen MR) is 57.9 cm³/mol. The highest BCUT2D eigenvalue weighted by Crippen LogP contribution is 2.61. The van der Waals surface area contributed by atoms with E-state index in [1.807, 2.05) is 0 Å². The van der Waals surface area contributed by atoms with Crippen LogP contribution >= 0.6 is 0 Å². The van der Waals surface area contributed by atoms with Crippen LogP contribution in [0.25, 0.3) is 0 Å². The van der Waals surface area contributed by atoms with Crippen LogP contribution in [0, 0.1) is 29.1 Å². The van der Waals surface area contributed by atoms with Crippen LogP contribution in [0.2, 0.25) is 0 Å². The number of hydrogen-bond acceptors (Lipinski definition) is 1. The van der Waals surface area contributed by atoms with Crippen molar-refractivity contribution in [2.45, 2.75) is 47.0 Å². The quantitative estimate of drug-likeness (QED) is 0.659. The van der Waals surface area contributed by atoms with Crippen molar-refractivity contribution in [2.24, 2.45) is 29.1 Å². The molecule has 2 fully saturated rings. The number of ketones is 1. The van der Waals surface area contributed by atoms with Gasteiger partial charge in [-0.05, 0) is 48.9 Å². The van der Waals surface area contributed by atoms with Crippen molar-refractivity contribution < 1.29 is 4.79 Å². The lowest BCUT2D eigenvalue weighted by Gasteiger charge is -2.39. The van der Waals surface area contributed by atoms with E-state index >= 15 is 0 Å². The van der Waals surface area contributed by atoms with Crippen molar-refractivity contribution in [3.63, 3.8) is 0 Å². The van der Waals surface area contributed by atoms with E-state index in [0.29, 0.717) is 17.1 Å². The van der Waals surface area contributed by atoms with Crippen molar-refractivity contribution in [2.75, 3.05) is 0 Å². The van der Waals surface area contributed by atoms with Crippen molar-refractivity contribution in [1.82, 2.24) is 0 Å². The lowest BCUT2D eigenvalue weighted by atomic mass is 9.65. The molecule has 2 aliphatic carbocycles. The second-order valence-corrected chi connectivity index (χ2v) is 6.11. The smallest absolute Gasteiger partial charge is 0.130 e. The highest BCUT2D eigenvalue weighted by molar-refractivity contribution is 5.75. The van der Waals surface area contributed by atoms with Crippen LogP contribution in [-0.4, -0.2) is 5.78 Å². The highest BCUT2D eigenvalue weighted by atomic mass is 16.1. The minimum absolute atomic E-state index is 0.382. The average Bonchev–Trinajstić information content (AvgIpc) is 2.52. The van der Waals surface area contributed by atoms with Gasteiger partial charge in [0.2, 0.25) is 0 Å². The van der Waals surface area contributed by atoms with Gasteiger partial charge < -0.3 is 4.79 Å². The molecular formula is C13H22O. The number of hydrogen-bond donors (Lipinski definition) is 0. The third-order valence-electron chi connectivity index (χ3n) is 5.17. The normalized spacial score (nSPS) is 44.3. The molecule has 2 saturated carbocycles. The van der Waals surface area contributed by atoms with Gasteiger partial charge in [-0.1, -0.05) is 20.8 Å². The van der Waals surface area contributed by atoms with Crippen LogP contribution in [0.5, 0.6) is 0 Å². The Hall–Kier alpha value is -0.330. The van der Waals surface area contributed by atoms with Crippen LogP contribution in [0.3, 0.4) is 0 Å². The van der Waals surface area contributed by atoms with E-state index in [2.05, 4.69) is 20.8 Å². The standard InChI is InChI=1S/C13H22O/c1-8(14)5-10-6-11-7-12(10)9(2)13(11,3)4/h9-12H,5-7H2,1-4H3. The second kappa shape index (κ2) is 3.08. The van der Waals surface area contributed by atoms with Crippen LogP contribution in [0.15, 0.2) is 0 Å². The van der Waals surface area contributed by atoms with Gasteiger partial charge in [-0.25, -0.2) is 0 Å². The average molecular weight is 194 g/mol. The van der Waals surface area contributed by atoms with E-state index in [4.69, 9.17) is 0 Å². The summed E-state index contributed by atoms with van der Waals surface area (Å²) in [5.41, 5.74) is 0.526. The zero-order valence-corrected chi connectivity index (χ0v) is 9.84. The summed E-state index contributed by atoms with van der Waals surface area (Å²) in [6.07, 6.45) is 3.52. The van der Waals surface area contributed by atoms with E-state index in [9.17, 15) is 4.79 Å². The van der Waals surface area contributed by atoms with Gasteiger partial charge in [0.15, 0.2) is 0 Å². The van der Waals surface area contributed by atoms with Gasteiger partial charge in [-0.2, -0.15) is 0 Å². The molecule has 0 N–H and O–H groups in total. The zero-order chi connectivity index (χ0) is 10.5. The fraction of sp³-hybridized carbons (Fsp3) is 0.923. The Morgan fingerprint density at radius 2 is 2.00 bits per heavy atom. The molecule has 1 nitrogen and oxygen atoms in total. The molecule has 1 heteroatoms. The summed E-state index contributed by atoms with van der Waals surface area (Å²) in [5.74, 6) is 3.62. The topological polar surface area (TPSA) is 17.1 Å². The monoisotopic (exact) mass is 194 g/mol. The second-order valence-electron chi connectivity index (χ2n) is 6.11. The minimum atomic E-state index is 0.382. The number of Topliss-reactive ketones (excluding diaryl/α,β-unsaturated/α-hetero) is 1. The molecule has 4 unspecified atom stereocenters. The first-order valence-electron chi connectivity index (χ1n) is 5.92. The van der Waals surface area contributed by atoms with Crippen molar-refractivity contribution >= 4 is 5.78 Å². The maximum Gasteiger partial charge on any atom is 0.130 e. The molecule has 0 aromatic heterocycles. The van der Waals surface area contributed by atoms with E-state index in [0.717, 1.165) is 24.2 Å². The molecule has 4 atom stereocenters. The van der Waals surface area contributed by atoms with Gasteiger partial charge in [-0.15, -0.1) is 0 Å². The Bertz CT molecular complexity index is 250. The number of rotatable bonds is 2. The minimum Gasteiger partial charge on any atom is -0.300 e. The summed E-state index contributed by atoms with van der Waals surface area (Å²) in [6, 6.07) is 0. The Balaban J connectivity index is 2.09. The van der Waals surface area contributed by atoms with Gasteiger partial charge in [-0.3, -0.25) is 0 Å². The first-order valence-corrected chi connectivity index (χ1v) is 5.92. The number of carbonyl (C=O) groups is 1. The molecule has 2 bridgehead atoms. The third kappa shape index (κ3) is 1.32. The molecule has 0 amide bonds. The highest BCUT2D eigenvalue weighted by Gasteiger charge is 2.54. The van der Waals surface area contributed by atoms with Crippen LogP contribution in [0.1, 0.15) is 47.0 Å². The molecule has 0 aliphatic heterocycles. The molecule has 0 saturated heterocycles. The number of fused-ring (bicyclic) bond motifs is 2. The lowest BCUT2D eigenvalue weighted by molar-refractivity contribution is -0.118. The van der Waals surface area contributed by atoms with Crippen LogP contribution in [0.4, 0.5) is 0 Å². The summed E-state index contributed by atoms with van der Waals surface area (Å²) < 4.78 is 0. The first-order chi connectivity index (χ1) is 6.43. The molecule has 2 aliphatic rings. The summed E-state index contributed by atoms with van der Waals surface area (Å²) in [4.78, 5) is 11.1. The summed E-state index contributed by atoms with van der Waals surface area (Å²) in [5, 5.41) is 0. The molecule has 0 aromatic rings. The first kappa shape index (κ1) is 10.2. The molecule has 14 heavy (non-hydrogen) atoms. The Morgan fingerprint density at radius 1 is 1.36 bits per heavy atom. The maximum atomic E-state index is 11.1. The Morgan fingerprint density at radius 3 is 2.43 bits per heavy atom. The van der Waals surface area contributed by atoms with Gasteiger partial charge >= 0.3 is 0 Å². The predicted octanol–water partition coefficient (Wildman–Crippen LogP) is 3.28. The molecular weight excluding hydrogens is 172 g/mol. The van der Waals surface area contributed by atoms with Crippen molar-refractivity contribution in [3.8, 4) is 0 Å². The van der Waals surface area contributed by atoms with Gasteiger partial charge in [0.05, 0.1) is 0 Å². The van der Waals surface area contributed by atoms with E-state index in [1.165, 1.54) is 12.8 Å². The maximum absolute atomic E-state index is 11.1. The van der Waals surface area contributed by atoms with Gasteiger partial charge in [0.1, 0.15) is 5.78 Å². The summed E-state index contributed by atoms with van der Waals surface area (Å²) >= 11 is 0. The molecule has 2 rings (SSSR count). The Labute approximate surface area is 87.3 Å². The van der Waals surface area contributed by atoms with E-state index in [-0.39, 0.29) is 0 Å². The van der Waals surface area contributed by atoms with Gasteiger partial charge in [0.25, 0.3) is 0 Å². The summed E-state index contributed by atoms with van der Waals surface area (Å²) in [6.45, 7) is 8.94. The largest absolute Gasteiger partial charge is 0.300 e. The molecule has 0 heterocycles. The number of carbonyl (C=O) groups excluding carboxylic acids is 1. The van der Waals surface area contributed by atoms with Crippen LogP contribution < -0.4 is 0 Å². The molecule has 0 aromatic carbocycles. The molecule has 0 spiro atoms. The molecule has 0 radical (unpaired) electrons. The fourth-order valence-corrected chi connectivity index (χ4v) is 3.90. The van der Waals surface area contributed by atoms with Gasteiger partial charge in [0, 0.05) is 6.42 Å². The van der Waals surface area contributed by atoms with E-state index < -0.39 is 0 Å². The fourth-order valence-electron chi connectivity index (χ4n) is 3.90. The third-order valence-corrected chi connectivity index (χ3v) is 5.17. The zero-order valence-electron chi connectivity index (χ0n) is 9.84. The SMILES string of the molecule is CC(=O)CC1CC2CC1C(C)C2(C)C. The van der Waals surface area contributed by atoms with Crippen molar-refractivity contribution in [3.05, 3.63) is 0 Å². The summed E-state index contributed by atoms with van der Waals surface area (Å²) in [7, 11) is 0. The molecule has 80 valence electrons. The lowest BCUT2D eigenvalue weighted by Crippen LogP contribution is -2.33. The van der Waals surface area contributed by atoms with E-state index in [1.54, 1.807) is 6.92 Å². The Kier molecular flexibility index (Phi) is 2.24. The van der Waals surface area contributed by atoms with Crippen molar-refractivity contribution in [1.29, 1.82) is 0 Å².